The molecule has 1 saturated heterocycles. The number of phenolic OH excluding ortho intramolecular Hbond substituents is 1. The molecule has 4 aromatic rings. The highest BCUT2D eigenvalue weighted by molar-refractivity contribution is 7.94. The van der Waals surface area contributed by atoms with Crippen LogP contribution in [0, 0.1) is 0 Å². The molecule has 22 heteroatoms. The number of nitrogens with zero attached hydrogens (tertiary/aromatic N) is 6. The highest BCUT2D eigenvalue weighted by Gasteiger charge is 2.19. The smallest absolute Gasteiger partial charge is 0.233 e. The number of anilines is 3. The minimum absolute atomic E-state index is 0.00355. The van der Waals surface area contributed by atoms with Crippen LogP contribution in [0.25, 0.3) is 10.8 Å². The molecule has 1 aliphatic rings. The van der Waals surface area contributed by atoms with E-state index in [-0.39, 0.29) is 62.8 Å². The van der Waals surface area contributed by atoms with Gasteiger partial charge in [-0.2, -0.15) is 20.1 Å². The van der Waals surface area contributed by atoms with Gasteiger partial charge in [-0.25, -0.2) is 18.9 Å². The van der Waals surface area contributed by atoms with E-state index in [1.165, 1.54) is 24.3 Å². The Balaban J connectivity index is 1.36. The van der Waals surface area contributed by atoms with E-state index in [9.17, 15) is 13.5 Å². The van der Waals surface area contributed by atoms with E-state index in [0.29, 0.717) is 60.8 Å². The van der Waals surface area contributed by atoms with Crippen molar-refractivity contribution in [2.75, 3.05) is 48.9 Å². The lowest BCUT2D eigenvalue weighted by Crippen LogP contribution is -2.37. The van der Waals surface area contributed by atoms with Gasteiger partial charge in [0.25, 0.3) is 0 Å². The number of aromatic nitrogens is 3. The Morgan fingerprint density at radius 1 is 1.00 bits per heavy atom. The van der Waals surface area contributed by atoms with E-state index in [1.54, 1.807) is 24.3 Å². The molecule has 0 radical (unpaired) electrons. The lowest BCUT2D eigenvalue weighted by molar-refractivity contribution is -0.434. The number of azo groups is 1. The number of hydrogen-bond donors (Lipinski definition) is 4. The Morgan fingerprint density at radius 2 is 1.77 bits per heavy atom. The molecule has 1 fully saturated rings. The fourth-order valence-corrected chi connectivity index (χ4v) is 6.29. The van der Waals surface area contributed by atoms with Crippen molar-refractivity contribution in [3.05, 3.63) is 53.8 Å². The Bertz CT molecular complexity index is 1820. The second kappa shape index (κ2) is 16.6. The number of nitrogens with one attached hydrogen (secondary N) is 1. The maximum absolute atomic E-state index is 12.5. The number of hydrogen-bond acceptors (Lipinski definition) is 20. The van der Waals surface area contributed by atoms with Gasteiger partial charge in [-0.05, 0) is 65.5 Å². The van der Waals surface area contributed by atoms with Gasteiger partial charge in [-0.15, -0.1) is 13.8 Å². The number of aromatic hydroxyl groups is 1. The fraction of sp³-hybridized carbons (Fsp3) is 0.240. The van der Waals surface area contributed by atoms with Crippen LogP contribution in [0.1, 0.15) is 0 Å². The van der Waals surface area contributed by atoms with Crippen molar-refractivity contribution in [3.63, 3.8) is 0 Å². The van der Waals surface area contributed by atoms with Crippen molar-refractivity contribution in [1.82, 2.24) is 15.0 Å². The summed E-state index contributed by atoms with van der Waals surface area (Å²) in [5, 5.41) is 47.4. The predicted octanol–water partition coefficient (Wildman–Crippen LogP) is 5.58. The standard InChI is InChI=1S/C25H24ClN7O11S3/c26-23-28-24(30-25(29-23)33-7-9-39-10-8-33)27-17-3-6-19-15(13-17)14-20(45-43-41-35)21(22(19)34)32-31-16-1-4-18(5-2-16)47(37,38)12-11-40-46-44-42-36/h1-6,13-14,34-36H,7-12H2,(H,27,28,29,30). The number of fused-ring (bicyclic) bond motifs is 1. The van der Waals surface area contributed by atoms with Crippen LogP contribution in [0.5, 0.6) is 5.75 Å². The van der Waals surface area contributed by atoms with Gasteiger partial charge in [0, 0.05) is 24.2 Å². The number of phenols is 1. The molecule has 2 heterocycles. The van der Waals surface area contributed by atoms with Crippen molar-refractivity contribution in [1.29, 1.82) is 0 Å². The van der Waals surface area contributed by atoms with E-state index >= 15 is 0 Å². The molecular formula is C25H24ClN7O11S3. The zero-order valence-electron chi connectivity index (χ0n) is 23.8. The van der Waals surface area contributed by atoms with Crippen molar-refractivity contribution in [2.45, 2.75) is 9.79 Å². The molecule has 0 bridgehead atoms. The second-order valence-electron chi connectivity index (χ2n) is 9.23. The van der Waals surface area contributed by atoms with Gasteiger partial charge in [0.05, 0.1) is 53.1 Å². The molecule has 5 rings (SSSR count). The molecule has 1 aromatic heterocycles. The minimum Gasteiger partial charge on any atom is -0.505 e. The maximum Gasteiger partial charge on any atom is 0.233 e. The first-order valence-electron chi connectivity index (χ1n) is 13.2. The molecule has 0 unspecified atom stereocenters. The summed E-state index contributed by atoms with van der Waals surface area (Å²) in [6.07, 6.45) is 0. The average molecular weight is 730 g/mol. The molecule has 0 amide bonds. The van der Waals surface area contributed by atoms with Crippen LogP contribution in [0.15, 0.2) is 68.6 Å². The zero-order valence-corrected chi connectivity index (χ0v) is 27.0. The van der Waals surface area contributed by atoms with Crippen LogP contribution >= 0.6 is 36.0 Å². The molecule has 3 aromatic carbocycles. The fourth-order valence-electron chi connectivity index (χ4n) is 4.23. The molecule has 0 saturated carbocycles. The van der Waals surface area contributed by atoms with Crippen LogP contribution in [-0.2, 0) is 37.5 Å². The van der Waals surface area contributed by atoms with Crippen molar-refractivity contribution in [2.24, 2.45) is 10.2 Å². The maximum atomic E-state index is 12.5. The highest BCUT2D eigenvalue weighted by atomic mass is 35.5. The lowest BCUT2D eigenvalue weighted by atomic mass is 10.1. The number of halogens is 1. The summed E-state index contributed by atoms with van der Waals surface area (Å²) < 4.78 is 43.9. The van der Waals surface area contributed by atoms with Crippen molar-refractivity contribution < 1.29 is 51.7 Å². The van der Waals surface area contributed by atoms with E-state index in [4.69, 9.17) is 31.0 Å². The normalized spacial score (nSPS) is 13.9. The summed E-state index contributed by atoms with van der Waals surface area (Å²) in [5.41, 5.74) is 0.815. The Morgan fingerprint density at radius 3 is 2.51 bits per heavy atom. The number of ether oxygens (including phenoxy) is 1. The molecule has 18 nitrogen and oxygen atoms in total. The summed E-state index contributed by atoms with van der Waals surface area (Å²) in [5.74, 6) is -0.0105. The lowest BCUT2D eigenvalue weighted by Gasteiger charge is -2.26. The van der Waals surface area contributed by atoms with Crippen LogP contribution in [-0.4, -0.2) is 77.7 Å². The van der Waals surface area contributed by atoms with Gasteiger partial charge in [0.1, 0.15) is 5.69 Å². The SMILES string of the molecule is O=S(=O)(CCOSOOO)c1ccc(N=Nc2c(SOOO)cc3cc(Nc4nc(Cl)nc(N5CCOCC5)n4)ccc3c2O)cc1. The molecular weight excluding hydrogens is 706 g/mol. The van der Waals surface area contributed by atoms with Gasteiger partial charge < -0.3 is 20.1 Å². The van der Waals surface area contributed by atoms with Crippen molar-refractivity contribution >= 4 is 85.5 Å². The topological polar surface area (TPSA) is 229 Å². The molecule has 0 aliphatic carbocycles. The van der Waals surface area contributed by atoms with Crippen LogP contribution < -0.4 is 10.2 Å². The summed E-state index contributed by atoms with van der Waals surface area (Å²) in [7, 11) is -3.71. The number of rotatable bonds is 15. The number of benzene rings is 3. The molecule has 250 valence electrons. The van der Waals surface area contributed by atoms with Gasteiger partial charge in [-0.1, -0.05) is 10.1 Å². The summed E-state index contributed by atoms with van der Waals surface area (Å²) in [6.45, 7) is 2.07. The minimum atomic E-state index is -3.71. The first kappa shape index (κ1) is 34.9. The van der Waals surface area contributed by atoms with Crippen LogP contribution in [0.4, 0.5) is 29.0 Å². The third-order valence-corrected chi connectivity index (χ3v) is 9.22. The van der Waals surface area contributed by atoms with E-state index in [1.807, 2.05) is 4.90 Å². The van der Waals surface area contributed by atoms with Crippen molar-refractivity contribution in [3.8, 4) is 5.75 Å². The Labute approximate surface area is 279 Å². The molecule has 4 N–H and O–H groups in total. The number of morpholine rings is 1. The predicted molar refractivity (Wildman–Crippen MR) is 168 cm³/mol. The van der Waals surface area contributed by atoms with Crippen LogP contribution in [0.2, 0.25) is 5.28 Å². The third-order valence-electron chi connectivity index (χ3n) is 6.35. The van der Waals surface area contributed by atoms with Gasteiger partial charge in [-0.3, -0.25) is 4.18 Å². The average Bonchev–Trinajstić information content (AvgIpc) is 3.07. The highest BCUT2D eigenvalue weighted by Crippen LogP contribution is 2.44. The summed E-state index contributed by atoms with van der Waals surface area (Å²) in [6, 6.07) is 12.2. The first-order chi connectivity index (χ1) is 22.8. The van der Waals surface area contributed by atoms with Gasteiger partial charge in [0.15, 0.2) is 27.9 Å². The van der Waals surface area contributed by atoms with E-state index in [0.717, 1.165) is 0 Å². The summed E-state index contributed by atoms with van der Waals surface area (Å²) >= 11 is 7.00. The van der Waals surface area contributed by atoms with Gasteiger partial charge >= 0.3 is 0 Å². The molecule has 0 atom stereocenters. The Hall–Kier alpha value is -3.45. The first-order valence-corrected chi connectivity index (χ1v) is 16.7. The summed E-state index contributed by atoms with van der Waals surface area (Å²) in [4.78, 5) is 15.0. The number of sulfone groups is 1. The molecule has 0 spiro atoms. The van der Waals surface area contributed by atoms with Gasteiger partial charge in [0.2, 0.25) is 17.2 Å². The third kappa shape index (κ3) is 9.34. The van der Waals surface area contributed by atoms with Crippen LogP contribution in [0.3, 0.4) is 0 Å². The van der Waals surface area contributed by atoms with E-state index < -0.39 is 9.84 Å². The Kier molecular flexibility index (Phi) is 12.3. The monoisotopic (exact) mass is 729 g/mol. The molecule has 1 aliphatic heterocycles. The second-order valence-corrected chi connectivity index (χ2v) is 12.9. The quantitative estimate of drug-likeness (QED) is 0.0384. The largest absolute Gasteiger partial charge is 0.505 e. The van der Waals surface area contributed by atoms with E-state index in [2.05, 4.69) is 49.2 Å². The zero-order chi connectivity index (χ0) is 33.2. The molecule has 47 heavy (non-hydrogen) atoms.